The summed E-state index contributed by atoms with van der Waals surface area (Å²) < 4.78 is 5.06. The van der Waals surface area contributed by atoms with Gasteiger partial charge in [-0.2, -0.15) is 0 Å². The molecule has 5 heteroatoms. The Morgan fingerprint density at radius 1 is 1.24 bits per heavy atom. The van der Waals surface area contributed by atoms with Gasteiger partial charge in [0.15, 0.2) is 0 Å². The number of alkyl halides is 1. The van der Waals surface area contributed by atoms with E-state index in [0.717, 1.165) is 17.7 Å². The Morgan fingerprint density at radius 2 is 1.88 bits per heavy atom. The predicted molar refractivity (Wildman–Crippen MR) is 68.8 cm³/mol. The summed E-state index contributed by atoms with van der Waals surface area (Å²) in [7, 11) is 1.64. The lowest BCUT2D eigenvalue weighted by atomic mass is 10.1. The summed E-state index contributed by atoms with van der Waals surface area (Å²) in [4.78, 5) is 11.2. The third kappa shape index (κ3) is 5.45. The molecule has 0 spiro atoms. The molecule has 1 aromatic rings. The average molecular weight is 257 g/mol. The van der Waals surface area contributed by atoms with E-state index in [1.165, 1.54) is 0 Å². The van der Waals surface area contributed by atoms with Crippen LogP contribution in [-0.4, -0.2) is 32.1 Å². The van der Waals surface area contributed by atoms with Crippen molar-refractivity contribution in [3.8, 4) is 5.75 Å². The third-order valence-corrected chi connectivity index (χ3v) is 2.43. The lowest BCUT2D eigenvalue weighted by molar-refractivity contribution is 0.241. The molecular formula is C12H17ClN2O2. The lowest BCUT2D eigenvalue weighted by Crippen LogP contribution is -2.37. The van der Waals surface area contributed by atoms with E-state index >= 15 is 0 Å². The first-order valence-corrected chi connectivity index (χ1v) is 6.00. The van der Waals surface area contributed by atoms with Gasteiger partial charge in [-0.3, -0.25) is 0 Å². The van der Waals surface area contributed by atoms with Gasteiger partial charge in [0.1, 0.15) is 5.75 Å². The smallest absolute Gasteiger partial charge is 0.314 e. The molecule has 0 saturated heterocycles. The summed E-state index contributed by atoms with van der Waals surface area (Å²) >= 11 is 5.45. The number of amides is 2. The Balaban J connectivity index is 2.23. The number of ether oxygens (including phenoxy) is 1. The monoisotopic (exact) mass is 256 g/mol. The highest BCUT2D eigenvalue weighted by molar-refractivity contribution is 6.18. The summed E-state index contributed by atoms with van der Waals surface area (Å²) in [6, 6.07) is 7.60. The Morgan fingerprint density at radius 3 is 2.47 bits per heavy atom. The maximum Gasteiger partial charge on any atom is 0.314 e. The van der Waals surface area contributed by atoms with Gasteiger partial charge in [-0.05, 0) is 24.1 Å². The fourth-order valence-corrected chi connectivity index (χ4v) is 1.43. The number of rotatable bonds is 6. The SMILES string of the molecule is COc1ccc(CCNC(=O)NCCCl)cc1. The molecule has 0 aliphatic carbocycles. The Kier molecular flexibility index (Phi) is 6.25. The molecule has 0 heterocycles. The second kappa shape index (κ2) is 7.79. The number of carbonyl (C=O) groups is 1. The molecule has 0 saturated carbocycles. The maximum absolute atomic E-state index is 11.2. The number of methoxy groups -OCH3 is 1. The van der Waals surface area contributed by atoms with E-state index in [0.29, 0.717) is 19.0 Å². The van der Waals surface area contributed by atoms with E-state index in [2.05, 4.69) is 10.6 Å². The Labute approximate surface area is 106 Å². The first-order valence-electron chi connectivity index (χ1n) is 5.47. The van der Waals surface area contributed by atoms with Crippen LogP contribution in [0, 0.1) is 0 Å². The van der Waals surface area contributed by atoms with Gasteiger partial charge in [0.25, 0.3) is 0 Å². The van der Waals surface area contributed by atoms with Crippen LogP contribution < -0.4 is 15.4 Å². The molecular weight excluding hydrogens is 240 g/mol. The fraction of sp³-hybridized carbons (Fsp3) is 0.417. The minimum Gasteiger partial charge on any atom is -0.497 e. The van der Waals surface area contributed by atoms with E-state index in [9.17, 15) is 4.79 Å². The zero-order chi connectivity index (χ0) is 12.5. The standard InChI is InChI=1S/C12H17ClN2O2/c1-17-11-4-2-10(3-5-11)6-8-14-12(16)15-9-7-13/h2-5H,6-9H2,1H3,(H2,14,15,16). The van der Waals surface area contributed by atoms with Crippen molar-refractivity contribution in [3.05, 3.63) is 29.8 Å². The summed E-state index contributed by atoms with van der Waals surface area (Å²) in [6.45, 7) is 1.08. The number of benzene rings is 1. The van der Waals surface area contributed by atoms with Gasteiger partial charge in [0.05, 0.1) is 7.11 Å². The highest BCUT2D eigenvalue weighted by atomic mass is 35.5. The minimum atomic E-state index is -0.181. The Hall–Kier alpha value is -1.42. The number of nitrogens with one attached hydrogen (secondary N) is 2. The number of urea groups is 1. The van der Waals surface area contributed by atoms with Crippen LogP contribution in [-0.2, 0) is 6.42 Å². The molecule has 0 aliphatic rings. The molecule has 4 nitrogen and oxygen atoms in total. The predicted octanol–water partition coefficient (Wildman–Crippen LogP) is 1.78. The van der Waals surface area contributed by atoms with E-state index in [1.54, 1.807) is 7.11 Å². The van der Waals surface area contributed by atoms with Crippen LogP contribution in [0.1, 0.15) is 5.56 Å². The van der Waals surface area contributed by atoms with Crippen LogP contribution in [0.2, 0.25) is 0 Å². The number of halogens is 1. The van der Waals surface area contributed by atoms with Gasteiger partial charge in [0, 0.05) is 19.0 Å². The quantitative estimate of drug-likeness (QED) is 0.763. The van der Waals surface area contributed by atoms with Crippen LogP contribution in [0.4, 0.5) is 4.79 Å². The molecule has 0 fully saturated rings. The Bertz CT molecular complexity index is 341. The van der Waals surface area contributed by atoms with Gasteiger partial charge >= 0.3 is 6.03 Å². The van der Waals surface area contributed by atoms with Gasteiger partial charge in [-0.25, -0.2) is 4.79 Å². The van der Waals surface area contributed by atoms with Crippen LogP contribution in [0.15, 0.2) is 24.3 Å². The van der Waals surface area contributed by atoms with E-state index in [-0.39, 0.29) is 6.03 Å². The zero-order valence-corrected chi connectivity index (χ0v) is 10.6. The second-order valence-electron chi connectivity index (χ2n) is 3.47. The molecule has 2 amide bonds. The fourth-order valence-electron chi connectivity index (χ4n) is 1.34. The minimum absolute atomic E-state index is 0.181. The van der Waals surface area contributed by atoms with Gasteiger partial charge < -0.3 is 15.4 Å². The molecule has 0 radical (unpaired) electrons. The summed E-state index contributed by atoms with van der Waals surface area (Å²) in [6.07, 6.45) is 0.790. The summed E-state index contributed by atoms with van der Waals surface area (Å²) in [5.41, 5.74) is 1.16. The van der Waals surface area contributed by atoms with E-state index < -0.39 is 0 Å². The zero-order valence-electron chi connectivity index (χ0n) is 9.83. The van der Waals surface area contributed by atoms with Gasteiger partial charge in [-0.1, -0.05) is 12.1 Å². The molecule has 0 unspecified atom stereocenters. The topological polar surface area (TPSA) is 50.4 Å². The number of hydrogen-bond donors (Lipinski definition) is 2. The van der Waals surface area contributed by atoms with Crippen LogP contribution in [0.5, 0.6) is 5.75 Å². The van der Waals surface area contributed by atoms with Crippen LogP contribution in [0.25, 0.3) is 0 Å². The van der Waals surface area contributed by atoms with E-state index in [4.69, 9.17) is 16.3 Å². The molecule has 17 heavy (non-hydrogen) atoms. The molecule has 0 aliphatic heterocycles. The van der Waals surface area contributed by atoms with Crippen molar-refractivity contribution in [2.24, 2.45) is 0 Å². The van der Waals surface area contributed by atoms with Crippen molar-refractivity contribution < 1.29 is 9.53 Å². The highest BCUT2D eigenvalue weighted by Crippen LogP contribution is 2.11. The second-order valence-corrected chi connectivity index (χ2v) is 3.85. The summed E-state index contributed by atoms with van der Waals surface area (Å²) in [5.74, 6) is 1.26. The lowest BCUT2D eigenvalue weighted by Gasteiger charge is -2.06. The van der Waals surface area contributed by atoms with Crippen molar-refractivity contribution in [1.82, 2.24) is 10.6 Å². The molecule has 1 aromatic carbocycles. The van der Waals surface area contributed by atoms with Crippen molar-refractivity contribution in [3.63, 3.8) is 0 Å². The van der Waals surface area contributed by atoms with Gasteiger partial charge in [-0.15, -0.1) is 11.6 Å². The molecule has 0 aromatic heterocycles. The molecule has 94 valence electrons. The third-order valence-electron chi connectivity index (χ3n) is 2.24. The number of hydrogen-bond acceptors (Lipinski definition) is 2. The number of carbonyl (C=O) groups excluding carboxylic acids is 1. The van der Waals surface area contributed by atoms with Crippen molar-refractivity contribution in [2.45, 2.75) is 6.42 Å². The maximum atomic E-state index is 11.2. The first-order chi connectivity index (χ1) is 8.26. The molecule has 2 N–H and O–H groups in total. The van der Waals surface area contributed by atoms with Crippen molar-refractivity contribution in [2.75, 3.05) is 26.1 Å². The van der Waals surface area contributed by atoms with E-state index in [1.807, 2.05) is 24.3 Å². The molecule has 0 atom stereocenters. The van der Waals surface area contributed by atoms with Crippen LogP contribution in [0.3, 0.4) is 0 Å². The summed E-state index contributed by atoms with van der Waals surface area (Å²) in [5, 5.41) is 5.39. The van der Waals surface area contributed by atoms with Crippen LogP contribution >= 0.6 is 11.6 Å². The normalized spacial score (nSPS) is 9.76. The molecule has 0 bridgehead atoms. The first kappa shape index (κ1) is 13.6. The highest BCUT2D eigenvalue weighted by Gasteiger charge is 1.99. The van der Waals surface area contributed by atoms with Gasteiger partial charge in [0.2, 0.25) is 0 Å². The van der Waals surface area contributed by atoms with Crippen molar-refractivity contribution in [1.29, 1.82) is 0 Å². The average Bonchev–Trinajstić information content (AvgIpc) is 2.37. The molecule has 1 rings (SSSR count). The van der Waals surface area contributed by atoms with Crippen molar-refractivity contribution >= 4 is 17.6 Å². The largest absolute Gasteiger partial charge is 0.497 e.